The molecule has 0 aliphatic rings. The molecule has 1 N–H and O–H groups in total. The van der Waals surface area contributed by atoms with Gasteiger partial charge in [0, 0.05) is 7.11 Å². The lowest BCUT2D eigenvalue weighted by Crippen LogP contribution is -2.13. The molecule has 0 fully saturated rings. The Bertz CT molecular complexity index is 437. The van der Waals surface area contributed by atoms with Crippen molar-refractivity contribution in [2.75, 3.05) is 46.8 Å². The summed E-state index contributed by atoms with van der Waals surface area (Å²) in [6, 6.07) is 4.70. The normalized spacial score (nSPS) is 10.6. The van der Waals surface area contributed by atoms with Crippen molar-refractivity contribution in [1.29, 1.82) is 0 Å². The van der Waals surface area contributed by atoms with Gasteiger partial charge in [-0.3, -0.25) is 0 Å². The number of carboxylic acids is 1. The Hall–Kier alpha value is -1.34. The van der Waals surface area contributed by atoms with Crippen LogP contribution in [0.1, 0.15) is 10.4 Å². The van der Waals surface area contributed by atoms with Crippen molar-refractivity contribution in [3.8, 4) is 5.75 Å². The quantitative estimate of drug-likeness (QED) is 0.630. The molecule has 0 atom stereocenters. The number of rotatable bonds is 11. The van der Waals surface area contributed by atoms with Gasteiger partial charge in [0.05, 0.1) is 38.1 Å². The van der Waals surface area contributed by atoms with Gasteiger partial charge >= 0.3 is 5.97 Å². The second-order valence-electron chi connectivity index (χ2n) is 3.98. The molecule has 0 saturated carbocycles. The van der Waals surface area contributed by atoms with Gasteiger partial charge in [-0.2, -0.15) is 0 Å². The smallest absolute Gasteiger partial charge is 0.341 e. The van der Waals surface area contributed by atoms with Crippen LogP contribution >= 0.6 is 11.6 Å². The molecule has 21 heavy (non-hydrogen) atoms. The maximum Gasteiger partial charge on any atom is 0.341 e. The summed E-state index contributed by atoms with van der Waals surface area (Å²) in [5, 5.41) is 9.21. The predicted octanol–water partition coefficient (Wildman–Crippen LogP) is 2.10. The van der Waals surface area contributed by atoms with Crippen LogP contribution in [-0.4, -0.2) is 57.8 Å². The van der Waals surface area contributed by atoms with Crippen LogP contribution in [0.25, 0.3) is 0 Å². The molecule has 6 nitrogen and oxygen atoms in total. The molecule has 0 aliphatic heterocycles. The Labute approximate surface area is 128 Å². The van der Waals surface area contributed by atoms with E-state index >= 15 is 0 Å². The van der Waals surface area contributed by atoms with E-state index in [-0.39, 0.29) is 22.9 Å². The van der Waals surface area contributed by atoms with E-state index in [1.165, 1.54) is 6.07 Å². The van der Waals surface area contributed by atoms with Gasteiger partial charge < -0.3 is 24.1 Å². The van der Waals surface area contributed by atoms with Gasteiger partial charge in [0.15, 0.2) is 0 Å². The van der Waals surface area contributed by atoms with Crippen molar-refractivity contribution in [3.63, 3.8) is 0 Å². The molecule has 0 bridgehead atoms. The third-order valence-electron chi connectivity index (χ3n) is 2.48. The van der Waals surface area contributed by atoms with Crippen molar-refractivity contribution in [2.45, 2.75) is 0 Å². The highest BCUT2D eigenvalue weighted by atomic mass is 35.5. The molecule has 0 aliphatic carbocycles. The van der Waals surface area contributed by atoms with Crippen molar-refractivity contribution >= 4 is 17.6 Å². The fraction of sp³-hybridized carbons (Fsp3) is 0.500. The molecule has 1 rings (SSSR count). The molecule has 0 radical (unpaired) electrons. The number of carboxylic acid groups (broad SMARTS) is 1. The highest BCUT2D eigenvalue weighted by Gasteiger charge is 2.15. The average Bonchev–Trinajstić information content (AvgIpc) is 2.45. The van der Waals surface area contributed by atoms with Crippen LogP contribution in [0.5, 0.6) is 5.75 Å². The van der Waals surface area contributed by atoms with Crippen LogP contribution in [0, 0.1) is 0 Å². The monoisotopic (exact) mass is 318 g/mol. The maximum absolute atomic E-state index is 11.1. The largest absolute Gasteiger partial charge is 0.490 e. The second-order valence-corrected chi connectivity index (χ2v) is 4.39. The van der Waals surface area contributed by atoms with Crippen LogP contribution in [0.4, 0.5) is 0 Å². The molecule has 1 aromatic rings. The van der Waals surface area contributed by atoms with E-state index in [9.17, 15) is 4.79 Å². The van der Waals surface area contributed by atoms with Crippen LogP contribution < -0.4 is 4.74 Å². The Balaban J connectivity index is 2.21. The minimum atomic E-state index is -1.12. The summed E-state index contributed by atoms with van der Waals surface area (Å²) in [5.74, 6) is -0.891. The first-order valence-corrected chi connectivity index (χ1v) is 6.83. The number of ether oxygens (including phenoxy) is 4. The maximum atomic E-state index is 11.1. The van der Waals surface area contributed by atoms with Crippen molar-refractivity contribution in [2.24, 2.45) is 0 Å². The molecule has 0 amide bonds. The number of carbonyl (C=O) groups is 1. The molecular weight excluding hydrogens is 300 g/mol. The summed E-state index contributed by atoms with van der Waals surface area (Å²) in [7, 11) is 1.61. The van der Waals surface area contributed by atoms with E-state index in [2.05, 4.69) is 0 Å². The highest BCUT2D eigenvalue weighted by molar-refractivity contribution is 6.33. The van der Waals surface area contributed by atoms with Gasteiger partial charge in [-0.15, -0.1) is 0 Å². The summed E-state index contributed by atoms with van der Waals surface area (Å²) in [5.41, 5.74) is -0.0398. The molecule has 0 aromatic heterocycles. The van der Waals surface area contributed by atoms with E-state index in [0.717, 1.165) is 0 Å². The second kappa shape index (κ2) is 10.4. The van der Waals surface area contributed by atoms with E-state index in [1.54, 1.807) is 19.2 Å². The number of halogens is 1. The van der Waals surface area contributed by atoms with E-state index in [1.807, 2.05) is 0 Å². The predicted molar refractivity (Wildman–Crippen MR) is 77.4 cm³/mol. The summed E-state index contributed by atoms with van der Waals surface area (Å²) in [4.78, 5) is 11.1. The molecule has 1 aromatic carbocycles. The fourth-order valence-corrected chi connectivity index (χ4v) is 1.75. The first-order chi connectivity index (χ1) is 10.2. The standard InChI is InChI=1S/C14H19ClO6/c1-18-5-6-19-7-8-20-9-10-21-12-4-2-3-11(15)13(12)14(16)17/h2-4H,5-10H2,1H3,(H,16,17). The van der Waals surface area contributed by atoms with Gasteiger partial charge in [0.2, 0.25) is 0 Å². The zero-order valence-electron chi connectivity index (χ0n) is 11.8. The Morgan fingerprint density at radius 1 is 1.10 bits per heavy atom. The molecule has 118 valence electrons. The van der Waals surface area contributed by atoms with Crippen LogP contribution in [-0.2, 0) is 14.2 Å². The fourth-order valence-electron chi connectivity index (χ4n) is 1.51. The lowest BCUT2D eigenvalue weighted by Gasteiger charge is -2.10. The van der Waals surface area contributed by atoms with Crippen LogP contribution in [0.3, 0.4) is 0 Å². The Morgan fingerprint density at radius 2 is 1.71 bits per heavy atom. The topological polar surface area (TPSA) is 74.2 Å². The highest BCUT2D eigenvalue weighted by Crippen LogP contribution is 2.26. The average molecular weight is 319 g/mol. The number of aromatic carboxylic acids is 1. The first kappa shape index (κ1) is 17.7. The number of hydrogen-bond donors (Lipinski definition) is 1. The van der Waals surface area contributed by atoms with Crippen molar-refractivity contribution in [3.05, 3.63) is 28.8 Å². The van der Waals surface area contributed by atoms with Crippen molar-refractivity contribution < 1.29 is 28.8 Å². The van der Waals surface area contributed by atoms with Crippen LogP contribution in [0.2, 0.25) is 5.02 Å². The van der Waals surface area contributed by atoms with Gasteiger partial charge in [-0.05, 0) is 12.1 Å². The summed E-state index contributed by atoms with van der Waals surface area (Å²) in [6.45, 7) is 2.56. The third-order valence-corrected chi connectivity index (χ3v) is 2.79. The zero-order chi connectivity index (χ0) is 15.5. The molecule has 0 spiro atoms. The third kappa shape index (κ3) is 6.77. The summed E-state index contributed by atoms with van der Waals surface area (Å²) < 4.78 is 20.7. The van der Waals surface area contributed by atoms with Gasteiger partial charge in [0.1, 0.15) is 17.9 Å². The SMILES string of the molecule is COCCOCCOCCOc1cccc(Cl)c1C(=O)O. The minimum Gasteiger partial charge on any atom is -0.490 e. The Morgan fingerprint density at radius 3 is 2.33 bits per heavy atom. The van der Waals surface area contributed by atoms with E-state index in [0.29, 0.717) is 33.0 Å². The summed E-state index contributed by atoms with van der Waals surface area (Å²) >= 11 is 5.83. The molecule has 0 saturated heterocycles. The van der Waals surface area contributed by atoms with Gasteiger partial charge in [-0.1, -0.05) is 17.7 Å². The molecule has 0 heterocycles. The first-order valence-electron chi connectivity index (χ1n) is 6.46. The number of benzene rings is 1. The van der Waals surface area contributed by atoms with Crippen molar-refractivity contribution in [1.82, 2.24) is 0 Å². The number of methoxy groups -OCH3 is 1. The van der Waals surface area contributed by atoms with Crippen LogP contribution in [0.15, 0.2) is 18.2 Å². The molecular formula is C14H19ClO6. The molecule has 0 unspecified atom stereocenters. The lowest BCUT2D eigenvalue weighted by atomic mass is 10.2. The summed E-state index contributed by atoms with van der Waals surface area (Å²) in [6.07, 6.45) is 0. The van der Waals surface area contributed by atoms with E-state index in [4.69, 9.17) is 35.7 Å². The minimum absolute atomic E-state index is 0.0398. The molecule has 7 heteroatoms. The zero-order valence-corrected chi connectivity index (χ0v) is 12.6. The Kier molecular flexibility index (Phi) is 8.77. The number of hydrogen-bond acceptors (Lipinski definition) is 5. The van der Waals surface area contributed by atoms with Gasteiger partial charge in [0.25, 0.3) is 0 Å². The van der Waals surface area contributed by atoms with E-state index < -0.39 is 5.97 Å². The lowest BCUT2D eigenvalue weighted by molar-refractivity contribution is 0.0178. The van der Waals surface area contributed by atoms with Gasteiger partial charge in [-0.25, -0.2) is 4.79 Å².